The van der Waals surface area contributed by atoms with Gasteiger partial charge in [0.05, 0.1) is 23.4 Å². The van der Waals surface area contributed by atoms with Crippen molar-refractivity contribution in [3.05, 3.63) is 27.8 Å². The van der Waals surface area contributed by atoms with Crippen LogP contribution in [-0.4, -0.2) is 28.9 Å². The maximum absolute atomic E-state index is 4.50. The van der Waals surface area contributed by atoms with Gasteiger partial charge in [-0.15, -0.1) is 11.3 Å². The zero-order chi connectivity index (χ0) is 13.1. The van der Waals surface area contributed by atoms with Crippen LogP contribution in [0.5, 0.6) is 0 Å². The lowest BCUT2D eigenvalue weighted by Crippen LogP contribution is -2.22. The highest BCUT2D eigenvalue weighted by atomic mass is 32.1. The molecule has 2 rings (SSSR count). The van der Waals surface area contributed by atoms with Crippen LogP contribution in [0.15, 0.2) is 10.9 Å². The zero-order valence-corrected chi connectivity index (χ0v) is 12.1. The molecular formula is C12H19N5S. The molecule has 0 aliphatic heterocycles. The maximum Gasteiger partial charge on any atom is 0.131 e. The normalized spacial score (nSPS) is 10.9. The van der Waals surface area contributed by atoms with Crippen molar-refractivity contribution in [1.29, 1.82) is 0 Å². The van der Waals surface area contributed by atoms with Gasteiger partial charge in [-0.1, -0.05) is 0 Å². The molecule has 0 fully saturated rings. The number of hydrogen-bond acceptors (Lipinski definition) is 5. The summed E-state index contributed by atoms with van der Waals surface area (Å²) in [6.45, 7) is 3.68. The Kier molecular flexibility index (Phi) is 3.98. The molecule has 0 amide bonds. The zero-order valence-electron chi connectivity index (χ0n) is 11.3. The van der Waals surface area contributed by atoms with Gasteiger partial charge in [0.25, 0.3) is 0 Å². The number of aromatic nitrogens is 3. The Bertz CT molecular complexity index is 503. The van der Waals surface area contributed by atoms with E-state index in [0.717, 1.165) is 30.3 Å². The molecule has 0 atom stereocenters. The van der Waals surface area contributed by atoms with Gasteiger partial charge in [-0.05, 0) is 14.0 Å². The number of anilines is 1. The molecule has 0 aliphatic carbocycles. The topological polar surface area (TPSA) is 46.0 Å². The fourth-order valence-electron chi connectivity index (χ4n) is 2.18. The van der Waals surface area contributed by atoms with Crippen molar-refractivity contribution in [2.75, 3.05) is 19.0 Å². The Morgan fingerprint density at radius 1 is 1.50 bits per heavy atom. The molecule has 0 unspecified atom stereocenters. The second kappa shape index (κ2) is 5.49. The van der Waals surface area contributed by atoms with Crippen LogP contribution in [0, 0.1) is 6.92 Å². The summed E-state index contributed by atoms with van der Waals surface area (Å²) in [6.07, 6.45) is 0. The monoisotopic (exact) mass is 265 g/mol. The number of nitrogens with zero attached hydrogens (tertiary/aromatic N) is 4. The molecule has 0 spiro atoms. The highest BCUT2D eigenvalue weighted by molar-refractivity contribution is 7.07. The fraction of sp³-hybridized carbons (Fsp3) is 0.500. The van der Waals surface area contributed by atoms with Crippen molar-refractivity contribution in [1.82, 2.24) is 20.1 Å². The van der Waals surface area contributed by atoms with E-state index in [4.69, 9.17) is 0 Å². The first-order chi connectivity index (χ1) is 8.63. The van der Waals surface area contributed by atoms with Crippen molar-refractivity contribution in [2.45, 2.75) is 20.0 Å². The molecule has 0 saturated carbocycles. The standard InChI is InChI=1S/C12H19N5S/c1-9-11(5-13-2)12(17(4)15-9)16(3)6-10-7-18-8-14-10/h7-8,13H,5-6H2,1-4H3. The van der Waals surface area contributed by atoms with Crippen molar-refractivity contribution < 1.29 is 0 Å². The maximum atomic E-state index is 4.50. The molecule has 1 N–H and O–H groups in total. The Hall–Kier alpha value is -1.40. The minimum atomic E-state index is 0.805. The molecule has 5 nitrogen and oxygen atoms in total. The molecule has 2 aromatic heterocycles. The number of aryl methyl sites for hydroxylation is 2. The summed E-state index contributed by atoms with van der Waals surface area (Å²) in [6, 6.07) is 0. The van der Waals surface area contributed by atoms with Crippen molar-refractivity contribution in [3.63, 3.8) is 0 Å². The summed E-state index contributed by atoms with van der Waals surface area (Å²) in [4.78, 5) is 6.52. The number of rotatable bonds is 5. The highest BCUT2D eigenvalue weighted by Crippen LogP contribution is 2.23. The van der Waals surface area contributed by atoms with Gasteiger partial charge in [-0.2, -0.15) is 5.10 Å². The van der Waals surface area contributed by atoms with E-state index in [1.54, 1.807) is 11.3 Å². The predicted octanol–water partition coefficient (Wildman–Crippen LogP) is 1.54. The summed E-state index contributed by atoms with van der Waals surface area (Å²) in [7, 11) is 6.02. The number of hydrogen-bond donors (Lipinski definition) is 1. The molecule has 0 aromatic carbocycles. The third-order valence-electron chi connectivity index (χ3n) is 2.91. The van der Waals surface area contributed by atoms with Crippen molar-refractivity contribution in [2.24, 2.45) is 7.05 Å². The van der Waals surface area contributed by atoms with Crippen LogP contribution >= 0.6 is 11.3 Å². The van der Waals surface area contributed by atoms with E-state index in [-0.39, 0.29) is 0 Å². The van der Waals surface area contributed by atoms with Crippen LogP contribution in [0.4, 0.5) is 5.82 Å². The lowest BCUT2D eigenvalue weighted by atomic mass is 10.2. The van der Waals surface area contributed by atoms with Crippen LogP contribution in [-0.2, 0) is 20.1 Å². The minimum Gasteiger partial charge on any atom is -0.354 e. The smallest absolute Gasteiger partial charge is 0.131 e. The minimum absolute atomic E-state index is 0.805. The largest absolute Gasteiger partial charge is 0.354 e. The summed E-state index contributed by atoms with van der Waals surface area (Å²) in [5, 5.41) is 9.78. The molecule has 2 aromatic rings. The van der Waals surface area contributed by atoms with Crippen LogP contribution in [0.3, 0.4) is 0 Å². The van der Waals surface area contributed by atoms with Crippen LogP contribution < -0.4 is 10.2 Å². The van der Waals surface area contributed by atoms with Crippen molar-refractivity contribution in [3.8, 4) is 0 Å². The Morgan fingerprint density at radius 2 is 2.28 bits per heavy atom. The molecule has 0 radical (unpaired) electrons. The van der Waals surface area contributed by atoms with Gasteiger partial charge in [0, 0.05) is 31.6 Å². The van der Waals surface area contributed by atoms with Crippen LogP contribution in [0.2, 0.25) is 0 Å². The van der Waals surface area contributed by atoms with E-state index in [1.807, 2.05) is 31.2 Å². The summed E-state index contributed by atoms with van der Waals surface area (Å²) in [5.74, 6) is 1.15. The molecule has 6 heteroatoms. The summed E-state index contributed by atoms with van der Waals surface area (Å²) < 4.78 is 1.94. The van der Waals surface area contributed by atoms with Crippen molar-refractivity contribution >= 4 is 17.2 Å². The van der Waals surface area contributed by atoms with E-state index in [1.165, 1.54) is 5.56 Å². The van der Waals surface area contributed by atoms with E-state index >= 15 is 0 Å². The van der Waals surface area contributed by atoms with E-state index in [0.29, 0.717) is 0 Å². The molecular weight excluding hydrogens is 246 g/mol. The Morgan fingerprint density at radius 3 is 2.89 bits per heavy atom. The predicted molar refractivity (Wildman–Crippen MR) is 74.9 cm³/mol. The molecule has 0 saturated heterocycles. The third-order valence-corrected chi connectivity index (χ3v) is 3.55. The second-order valence-corrected chi connectivity index (χ2v) is 5.10. The first kappa shape index (κ1) is 13.0. The highest BCUT2D eigenvalue weighted by Gasteiger charge is 2.16. The Balaban J connectivity index is 2.26. The molecule has 18 heavy (non-hydrogen) atoms. The third kappa shape index (κ3) is 2.54. The number of nitrogens with one attached hydrogen (secondary N) is 1. The van der Waals surface area contributed by atoms with E-state index in [2.05, 4.69) is 32.7 Å². The lowest BCUT2D eigenvalue weighted by Gasteiger charge is -2.20. The number of thiazole rings is 1. The Labute approximate surface area is 111 Å². The average Bonchev–Trinajstić information content (AvgIpc) is 2.89. The first-order valence-electron chi connectivity index (χ1n) is 5.88. The summed E-state index contributed by atoms with van der Waals surface area (Å²) in [5.41, 5.74) is 5.29. The van der Waals surface area contributed by atoms with Gasteiger partial charge in [0.15, 0.2) is 0 Å². The quantitative estimate of drug-likeness (QED) is 0.891. The van der Waals surface area contributed by atoms with Gasteiger partial charge in [-0.25, -0.2) is 4.98 Å². The molecule has 2 heterocycles. The molecule has 0 aliphatic rings. The second-order valence-electron chi connectivity index (χ2n) is 4.38. The van der Waals surface area contributed by atoms with E-state index in [9.17, 15) is 0 Å². The lowest BCUT2D eigenvalue weighted by molar-refractivity contribution is 0.720. The summed E-state index contributed by atoms with van der Waals surface area (Å²) >= 11 is 1.63. The van der Waals surface area contributed by atoms with Crippen LogP contribution in [0.1, 0.15) is 17.0 Å². The van der Waals surface area contributed by atoms with Crippen LogP contribution in [0.25, 0.3) is 0 Å². The van der Waals surface area contributed by atoms with Gasteiger partial charge in [0.2, 0.25) is 0 Å². The fourth-order valence-corrected chi connectivity index (χ4v) is 2.73. The molecule has 98 valence electrons. The first-order valence-corrected chi connectivity index (χ1v) is 6.83. The van der Waals surface area contributed by atoms with Gasteiger partial charge >= 0.3 is 0 Å². The van der Waals surface area contributed by atoms with E-state index < -0.39 is 0 Å². The molecule has 0 bridgehead atoms. The van der Waals surface area contributed by atoms with Gasteiger partial charge < -0.3 is 10.2 Å². The van der Waals surface area contributed by atoms with Gasteiger partial charge in [-0.3, -0.25) is 4.68 Å². The average molecular weight is 265 g/mol. The van der Waals surface area contributed by atoms with Gasteiger partial charge in [0.1, 0.15) is 5.82 Å². The SMILES string of the molecule is CNCc1c(C)nn(C)c1N(C)Cc1cscn1.